The van der Waals surface area contributed by atoms with Crippen LogP contribution in [0.25, 0.3) is 21.0 Å². The standard InChI is InChI=1S/C23H19N3OS/c27-23-16-8-3-6-15-7-4-10-18(21(15)16)26(23)14-25-13-5-11-19(25)22-24-17-9-1-2-12-20(17)28-22/h1-4,6-10,12,19H,5,11,13-14H2/p+1/t19-/m0/s1. The van der Waals surface area contributed by atoms with Gasteiger partial charge in [-0.15, -0.1) is 11.3 Å². The van der Waals surface area contributed by atoms with Crippen LogP contribution in [-0.4, -0.2) is 24.1 Å². The molecule has 4 aromatic rings. The lowest BCUT2D eigenvalue weighted by atomic mass is 10.1. The monoisotopic (exact) mass is 386 g/mol. The van der Waals surface area contributed by atoms with Crippen LogP contribution in [0, 0.1) is 0 Å². The van der Waals surface area contributed by atoms with Gasteiger partial charge in [-0.25, -0.2) is 4.98 Å². The van der Waals surface area contributed by atoms with Crippen LogP contribution in [-0.2, 0) is 0 Å². The topological polar surface area (TPSA) is 37.6 Å². The number of rotatable bonds is 3. The third-order valence-corrected chi connectivity index (χ3v) is 7.25. The number of likely N-dealkylation sites (tertiary alicyclic amines) is 1. The molecule has 28 heavy (non-hydrogen) atoms. The van der Waals surface area contributed by atoms with Crippen molar-refractivity contribution in [1.29, 1.82) is 0 Å². The number of hydrogen-bond donors (Lipinski definition) is 1. The van der Waals surface area contributed by atoms with Crippen molar-refractivity contribution in [3.63, 3.8) is 0 Å². The zero-order chi connectivity index (χ0) is 18.7. The Bertz CT molecular complexity index is 1190. The van der Waals surface area contributed by atoms with E-state index in [1.54, 1.807) is 11.3 Å². The Morgan fingerprint density at radius 2 is 1.93 bits per heavy atom. The van der Waals surface area contributed by atoms with Crippen molar-refractivity contribution in [1.82, 2.24) is 4.98 Å². The molecular weight excluding hydrogens is 366 g/mol. The fourth-order valence-corrected chi connectivity index (χ4v) is 5.94. The molecule has 3 heterocycles. The van der Waals surface area contributed by atoms with Crippen molar-refractivity contribution in [2.75, 3.05) is 18.1 Å². The number of hydrogen-bond acceptors (Lipinski definition) is 3. The number of aromatic nitrogens is 1. The zero-order valence-corrected chi connectivity index (χ0v) is 16.2. The number of amides is 1. The van der Waals surface area contributed by atoms with E-state index in [1.165, 1.54) is 21.0 Å². The van der Waals surface area contributed by atoms with E-state index in [-0.39, 0.29) is 5.91 Å². The Balaban J connectivity index is 1.35. The van der Waals surface area contributed by atoms with Gasteiger partial charge in [-0.1, -0.05) is 36.4 Å². The highest BCUT2D eigenvalue weighted by Crippen LogP contribution is 2.37. The number of thiazole rings is 1. The summed E-state index contributed by atoms with van der Waals surface area (Å²) in [4.78, 5) is 21.5. The van der Waals surface area contributed by atoms with Crippen molar-refractivity contribution >= 4 is 43.9 Å². The molecule has 2 atom stereocenters. The van der Waals surface area contributed by atoms with Crippen molar-refractivity contribution in [3.05, 3.63) is 71.2 Å². The second-order valence-electron chi connectivity index (χ2n) is 7.70. The van der Waals surface area contributed by atoms with Crippen molar-refractivity contribution in [3.8, 4) is 0 Å². The highest BCUT2D eigenvalue weighted by Gasteiger charge is 2.38. The van der Waals surface area contributed by atoms with Crippen LogP contribution >= 0.6 is 11.3 Å². The van der Waals surface area contributed by atoms with Crippen LogP contribution in [0.4, 0.5) is 5.69 Å². The van der Waals surface area contributed by atoms with Crippen LogP contribution in [0.15, 0.2) is 60.7 Å². The van der Waals surface area contributed by atoms with Crippen LogP contribution in [0.5, 0.6) is 0 Å². The molecule has 5 heteroatoms. The average molecular weight is 387 g/mol. The lowest BCUT2D eigenvalue weighted by Crippen LogP contribution is -3.12. The molecule has 1 aromatic heterocycles. The van der Waals surface area contributed by atoms with Crippen molar-refractivity contribution in [2.45, 2.75) is 18.9 Å². The molecule has 0 bridgehead atoms. The molecule has 1 unspecified atom stereocenters. The van der Waals surface area contributed by atoms with Gasteiger partial charge in [0.15, 0.2) is 11.7 Å². The van der Waals surface area contributed by atoms with E-state index in [0.717, 1.165) is 40.5 Å². The fraction of sp³-hybridized carbons (Fsp3) is 0.217. The second-order valence-corrected chi connectivity index (χ2v) is 8.76. The maximum absolute atomic E-state index is 13.1. The Kier molecular flexibility index (Phi) is 3.55. The summed E-state index contributed by atoms with van der Waals surface area (Å²) in [6.07, 6.45) is 2.31. The molecule has 1 fully saturated rings. The van der Waals surface area contributed by atoms with Gasteiger partial charge in [0.1, 0.15) is 6.04 Å². The van der Waals surface area contributed by atoms with E-state index in [9.17, 15) is 4.79 Å². The predicted molar refractivity (Wildman–Crippen MR) is 113 cm³/mol. The number of fused-ring (bicyclic) bond motifs is 1. The zero-order valence-electron chi connectivity index (χ0n) is 15.4. The summed E-state index contributed by atoms with van der Waals surface area (Å²) in [5.41, 5.74) is 2.98. The second kappa shape index (κ2) is 6.12. The molecule has 3 aromatic carbocycles. The molecular formula is C23H20N3OS+. The van der Waals surface area contributed by atoms with Gasteiger partial charge in [0.25, 0.3) is 5.91 Å². The fourth-order valence-electron chi connectivity index (χ4n) is 4.78. The predicted octanol–water partition coefficient (Wildman–Crippen LogP) is 3.79. The summed E-state index contributed by atoms with van der Waals surface area (Å²) in [6.45, 7) is 1.78. The molecule has 4 nitrogen and oxygen atoms in total. The number of carbonyl (C=O) groups is 1. The molecule has 0 aliphatic carbocycles. The SMILES string of the molecule is O=C1c2cccc3cccc(c23)N1C[NH+]1CCC[C@H]1c1nc2ccccc2s1. The van der Waals surface area contributed by atoms with Gasteiger partial charge >= 0.3 is 0 Å². The first-order chi connectivity index (χ1) is 13.8. The molecule has 138 valence electrons. The first-order valence-corrected chi connectivity index (χ1v) is 10.6. The molecule has 6 rings (SSSR count). The minimum Gasteiger partial charge on any atom is -0.309 e. The molecule has 0 saturated carbocycles. The largest absolute Gasteiger partial charge is 0.309 e. The smallest absolute Gasteiger partial charge is 0.263 e. The maximum atomic E-state index is 13.1. The maximum Gasteiger partial charge on any atom is 0.263 e. The lowest BCUT2D eigenvalue weighted by Gasteiger charge is -2.26. The molecule has 2 aliphatic heterocycles. The minimum atomic E-state index is 0.134. The molecule has 2 aliphatic rings. The molecule has 0 spiro atoms. The molecule has 1 saturated heterocycles. The van der Waals surface area contributed by atoms with E-state index >= 15 is 0 Å². The van der Waals surface area contributed by atoms with Crippen molar-refractivity contribution < 1.29 is 9.69 Å². The molecule has 0 radical (unpaired) electrons. The van der Waals surface area contributed by atoms with E-state index in [2.05, 4.69) is 42.5 Å². The van der Waals surface area contributed by atoms with Crippen LogP contribution in [0.1, 0.15) is 34.2 Å². The van der Waals surface area contributed by atoms with Gasteiger partial charge in [0.2, 0.25) is 0 Å². The summed E-state index contributed by atoms with van der Waals surface area (Å²) >= 11 is 1.80. The number of anilines is 1. The van der Waals surface area contributed by atoms with Gasteiger partial charge in [-0.3, -0.25) is 9.69 Å². The highest BCUT2D eigenvalue weighted by atomic mass is 32.1. The van der Waals surface area contributed by atoms with E-state index in [0.29, 0.717) is 12.7 Å². The van der Waals surface area contributed by atoms with E-state index in [4.69, 9.17) is 4.98 Å². The minimum absolute atomic E-state index is 0.134. The Morgan fingerprint density at radius 1 is 1.07 bits per heavy atom. The number of nitrogens with zero attached hydrogens (tertiary/aromatic N) is 2. The first-order valence-electron chi connectivity index (χ1n) is 9.83. The third-order valence-electron chi connectivity index (χ3n) is 6.10. The van der Waals surface area contributed by atoms with Gasteiger partial charge < -0.3 is 4.90 Å². The Morgan fingerprint density at radius 3 is 2.82 bits per heavy atom. The van der Waals surface area contributed by atoms with Gasteiger partial charge in [0.05, 0.1) is 28.0 Å². The summed E-state index contributed by atoms with van der Waals surface area (Å²) in [5, 5.41) is 3.45. The van der Waals surface area contributed by atoms with E-state index < -0.39 is 0 Å². The number of nitrogens with one attached hydrogen (secondary N) is 1. The van der Waals surface area contributed by atoms with Crippen LogP contribution < -0.4 is 9.80 Å². The molecule has 1 amide bonds. The van der Waals surface area contributed by atoms with Crippen LogP contribution in [0.3, 0.4) is 0 Å². The highest BCUT2D eigenvalue weighted by molar-refractivity contribution is 7.18. The summed E-state index contributed by atoms with van der Waals surface area (Å²) in [7, 11) is 0. The Hall–Kier alpha value is -2.76. The van der Waals surface area contributed by atoms with Gasteiger partial charge in [0, 0.05) is 18.2 Å². The summed E-state index contributed by atoms with van der Waals surface area (Å²) in [5.74, 6) is 0.134. The lowest BCUT2D eigenvalue weighted by molar-refractivity contribution is -0.917. The number of para-hydroxylation sites is 1. The first kappa shape index (κ1) is 16.2. The number of quaternary nitrogens is 1. The average Bonchev–Trinajstić information content (AvgIpc) is 3.42. The van der Waals surface area contributed by atoms with Gasteiger partial charge in [-0.05, 0) is 29.7 Å². The molecule has 1 N–H and O–H groups in total. The summed E-state index contributed by atoms with van der Waals surface area (Å²) < 4.78 is 1.25. The Labute approximate surface area is 167 Å². The normalized spacial score (nSPS) is 21.3. The number of benzene rings is 3. The van der Waals surface area contributed by atoms with E-state index in [1.807, 2.05) is 23.1 Å². The van der Waals surface area contributed by atoms with Crippen LogP contribution in [0.2, 0.25) is 0 Å². The number of carbonyl (C=O) groups excluding carboxylic acids is 1. The quantitative estimate of drug-likeness (QED) is 0.582. The van der Waals surface area contributed by atoms with Gasteiger partial charge in [-0.2, -0.15) is 0 Å². The van der Waals surface area contributed by atoms with Crippen molar-refractivity contribution in [2.24, 2.45) is 0 Å². The summed E-state index contributed by atoms with van der Waals surface area (Å²) in [6, 6.07) is 21.0. The third kappa shape index (κ3) is 2.33.